The summed E-state index contributed by atoms with van der Waals surface area (Å²) >= 11 is 0.875. The molecule has 0 bridgehead atoms. The summed E-state index contributed by atoms with van der Waals surface area (Å²) in [4.78, 5) is 34.2. The number of methoxy groups -OCH3 is 2. The van der Waals surface area contributed by atoms with Crippen molar-refractivity contribution in [2.24, 2.45) is 0 Å². The SMILES string of the molecule is COC(=O)c1sc(N)c(C(=O)OC)c1COc1cccc([N+](=O)[O-])c1. The first-order valence-electron chi connectivity index (χ1n) is 6.84. The Morgan fingerprint density at radius 1 is 1.24 bits per heavy atom. The Morgan fingerprint density at radius 3 is 2.52 bits per heavy atom. The van der Waals surface area contributed by atoms with Gasteiger partial charge >= 0.3 is 11.9 Å². The highest BCUT2D eigenvalue weighted by Crippen LogP contribution is 2.33. The van der Waals surface area contributed by atoms with Gasteiger partial charge in [0, 0.05) is 11.6 Å². The fourth-order valence-corrected chi connectivity index (χ4v) is 3.03. The van der Waals surface area contributed by atoms with E-state index in [-0.39, 0.29) is 39.0 Å². The van der Waals surface area contributed by atoms with Crippen LogP contribution in [0.5, 0.6) is 5.75 Å². The van der Waals surface area contributed by atoms with E-state index in [1.165, 1.54) is 38.5 Å². The van der Waals surface area contributed by atoms with Crippen molar-refractivity contribution in [3.8, 4) is 5.75 Å². The van der Waals surface area contributed by atoms with Gasteiger partial charge in [0.05, 0.1) is 25.2 Å². The average molecular weight is 366 g/mol. The van der Waals surface area contributed by atoms with Gasteiger partial charge in [0.2, 0.25) is 0 Å². The molecule has 10 heteroatoms. The van der Waals surface area contributed by atoms with Gasteiger partial charge < -0.3 is 19.9 Å². The monoisotopic (exact) mass is 366 g/mol. The normalized spacial score (nSPS) is 10.2. The zero-order valence-corrected chi connectivity index (χ0v) is 14.1. The number of hydrogen-bond acceptors (Lipinski definition) is 9. The lowest BCUT2D eigenvalue weighted by atomic mass is 10.1. The first-order valence-corrected chi connectivity index (χ1v) is 7.65. The number of thiophene rings is 1. The van der Waals surface area contributed by atoms with E-state index >= 15 is 0 Å². The summed E-state index contributed by atoms with van der Waals surface area (Å²) < 4.78 is 14.9. The van der Waals surface area contributed by atoms with Crippen LogP contribution < -0.4 is 10.5 Å². The quantitative estimate of drug-likeness (QED) is 0.468. The van der Waals surface area contributed by atoms with Gasteiger partial charge in [0.15, 0.2) is 0 Å². The van der Waals surface area contributed by atoms with E-state index in [1.54, 1.807) is 0 Å². The molecular formula is C15H14N2O7S. The van der Waals surface area contributed by atoms with Crippen LogP contribution in [0.2, 0.25) is 0 Å². The van der Waals surface area contributed by atoms with Gasteiger partial charge in [-0.05, 0) is 6.07 Å². The van der Waals surface area contributed by atoms with Crippen molar-refractivity contribution < 1.29 is 28.7 Å². The van der Waals surface area contributed by atoms with E-state index in [0.717, 1.165) is 11.3 Å². The number of non-ortho nitro benzene ring substituents is 1. The number of nitro benzene ring substituents is 1. The van der Waals surface area contributed by atoms with Gasteiger partial charge in [-0.15, -0.1) is 11.3 Å². The van der Waals surface area contributed by atoms with Crippen molar-refractivity contribution >= 4 is 34.0 Å². The summed E-state index contributed by atoms with van der Waals surface area (Å²) in [5.74, 6) is -1.20. The van der Waals surface area contributed by atoms with Crippen molar-refractivity contribution in [2.75, 3.05) is 20.0 Å². The highest BCUT2D eigenvalue weighted by atomic mass is 32.1. The lowest BCUT2D eigenvalue weighted by Gasteiger charge is -2.09. The maximum Gasteiger partial charge on any atom is 0.348 e. The number of rotatable bonds is 6. The third kappa shape index (κ3) is 3.86. The summed E-state index contributed by atoms with van der Waals surface area (Å²) in [6, 6.07) is 5.51. The number of carbonyl (C=O) groups is 2. The Labute approximate surface area is 146 Å². The minimum absolute atomic E-state index is 0.0123. The van der Waals surface area contributed by atoms with E-state index in [9.17, 15) is 19.7 Å². The average Bonchev–Trinajstić information content (AvgIpc) is 2.95. The number of esters is 2. The van der Waals surface area contributed by atoms with Crippen molar-refractivity contribution in [1.82, 2.24) is 0 Å². The highest BCUT2D eigenvalue weighted by molar-refractivity contribution is 7.18. The molecule has 9 nitrogen and oxygen atoms in total. The minimum atomic E-state index is -0.721. The Morgan fingerprint density at radius 2 is 1.92 bits per heavy atom. The van der Waals surface area contributed by atoms with Crippen LogP contribution in [-0.2, 0) is 16.1 Å². The standard InChI is InChI=1S/C15H14N2O7S/c1-22-14(18)11-10(12(15(19)23-2)25-13(11)16)7-24-9-5-3-4-8(6-9)17(20)21/h3-6H,7,16H2,1-2H3. The zero-order chi connectivity index (χ0) is 18.6. The van der Waals surface area contributed by atoms with Crippen LogP contribution in [-0.4, -0.2) is 31.1 Å². The van der Waals surface area contributed by atoms with Gasteiger partial charge in [0.25, 0.3) is 5.69 Å². The predicted molar refractivity (Wildman–Crippen MR) is 88.8 cm³/mol. The van der Waals surface area contributed by atoms with E-state index in [1.807, 2.05) is 0 Å². The summed E-state index contributed by atoms with van der Waals surface area (Å²) in [5, 5.41) is 10.9. The maximum atomic E-state index is 11.9. The molecule has 1 aromatic carbocycles. The molecule has 0 radical (unpaired) electrons. The number of anilines is 1. The molecule has 0 atom stereocenters. The summed E-state index contributed by atoms with van der Waals surface area (Å²) in [6.07, 6.45) is 0. The fraction of sp³-hybridized carbons (Fsp3) is 0.200. The molecule has 0 amide bonds. The summed E-state index contributed by atoms with van der Waals surface area (Å²) in [7, 11) is 2.38. The zero-order valence-electron chi connectivity index (χ0n) is 13.3. The van der Waals surface area contributed by atoms with E-state index in [2.05, 4.69) is 9.47 Å². The Kier molecular flexibility index (Phi) is 5.55. The predicted octanol–water partition coefficient (Wildman–Crippen LogP) is 2.39. The van der Waals surface area contributed by atoms with Crippen molar-refractivity contribution in [3.05, 3.63) is 50.4 Å². The molecule has 2 aromatic rings. The molecule has 0 aliphatic carbocycles. The Bertz CT molecular complexity index is 831. The highest BCUT2D eigenvalue weighted by Gasteiger charge is 2.27. The molecule has 0 saturated heterocycles. The second-order valence-corrected chi connectivity index (χ2v) is 5.73. The van der Waals surface area contributed by atoms with Crippen molar-refractivity contribution in [2.45, 2.75) is 6.61 Å². The maximum absolute atomic E-state index is 11.9. The third-order valence-electron chi connectivity index (χ3n) is 3.21. The number of nitrogens with two attached hydrogens (primary N) is 1. The smallest absolute Gasteiger partial charge is 0.348 e. The summed E-state index contributed by atoms with van der Waals surface area (Å²) in [6.45, 7) is -0.219. The van der Waals surface area contributed by atoms with Gasteiger partial charge in [0.1, 0.15) is 27.8 Å². The molecule has 2 N–H and O–H groups in total. The number of benzene rings is 1. The van der Waals surface area contributed by atoms with Gasteiger partial charge in [-0.2, -0.15) is 0 Å². The molecule has 132 valence electrons. The lowest BCUT2D eigenvalue weighted by molar-refractivity contribution is -0.384. The number of nitrogens with zero attached hydrogens (tertiary/aromatic N) is 1. The number of nitrogen functional groups attached to an aromatic ring is 1. The molecule has 0 fully saturated rings. The lowest BCUT2D eigenvalue weighted by Crippen LogP contribution is -2.11. The molecule has 2 rings (SSSR count). The van der Waals surface area contributed by atoms with Crippen molar-refractivity contribution in [3.63, 3.8) is 0 Å². The van der Waals surface area contributed by atoms with Gasteiger partial charge in [-0.1, -0.05) is 6.07 Å². The second kappa shape index (κ2) is 7.62. The molecule has 0 saturated carbocycles. The Hall–Kier alpha value is -3.14. The van der Waals surface area contributed by atoms with Crippen LogP contribution >= 0.6 is 11.3 Å². The van der Waals surface area contributed by atoms with E-state index in [4.69, 9.17) is 10.5 Å². The molecule has 25 heavy (non-hydrogen) atoms. The fourth-order valence-electron chi connectivity index (χ4n) is 2.05. The van der Waals surface area contributed by atoms with Crippen LogP contribution in [0.1, 0.15) is 25.6 Å². The van der Waals surface area contributed by atoms with E-state index < -0.39 is 16.9 Å². The Balaban J connectivity index is 2.37. The largest absolute Gasteiger partial charge is 0.489 e. The van der Waals surface area contributed by atoms with Crippen LogP contribution in [0.25, 0.3) is 0 Å². The van der Waals surface area contributed by atoms with Crippen LogP contribution in [0.15, 0.2) is 24.3 Å². The van der Waals surface area contributed by atoms with Crippen molar-refractivity contribution in [1.29, 1.82) is 0 Å². The molecule has 0 aliphatic heterocycles. The van der Waals surface area contributed by atoms with Crippen LogP contribution in [0.3, 0.4) is 0 Å². The van der Waals surface area contributed by atoms with Crippen LogP contribution in [0, 0.1) is 10.1 Å². The number of hydrogen-bond donors (Lipinski definition) is 1. The van der Waals surface area contributed by atoms with E-state index in [0.29, 0.717) is 0 Å². The first kappa shape index (κ1) is 18.2. The molecule has 0 aliphatic rings. The number of carbonyl (C=O) groups excluding carboxylic acids is 2. The van der Waals surface area contributed by atoms with Crippen LogP contribution in [0.4, 0.5) is 10.7 Å². The molecular weight excluding hydrogens is 352 g/mol. The topological polar surface area (TPSA) is 131 Å². The number of nitro groups is 1. The minimum Gasteiger partial charge on any atom is -0.489 e. The van der Waals surface area contributed by atoms with Gasteiger partial charge in [-0.3, -0.25) is 10.1 Å². The third-order valence-corrected chi connectivity index (χ3v) is 4.25. The summed E-state index contributed by atoms with van der Waals surface area (Å²) in [5.41, 5.74) is 5.87. The molecule has 1 heterocycles. The second-order valence-electron chi connectivity index (χ2n) is 4.68. The van der Waals surface area contributed by atoms with Gasteiger partial charge in [-0.25, -0.2) is 9.59 Å². The number of ether oxygens (including phenoxy) is 3. The molecule has 0 spiro atoms. The molecule has 0 unspecified atom stereocenters. The first-order chi connectivity index (χ1) is 11.9. The molecule has 1 aromatic heterocycles.